The summed E-state index contributed by atoms with van der Waals surface area (Å²) in [6.45, 7) is 5.03. The largest absolute Gasteiger partial charge is 0.449 e. The molecular weight excluding hydrogens is 218 g/mol. The zero-order valence-corrected chi connectivity index (χ0v) is 10.1. The maximum Gasteiger partial charge on any atom is 0.193 e. The Labute approximate surface area is 94.2 Å². The van der Waals surface area contributed by atoms with Crippen LogP contribution in [0.1, 0.15) is 19.6 Å². The van der Waals surface area contributed by atoms with Crippen LogP contribution >= 0.6 is 23.4 Å². The summed E-state index contributed by atoms with van der Waals surface area (Å²) in [5.41, 5.74) is 5.83. The first kappa shape index (κ1) is 12.0. The average Bonchev–Trinajstić information content (AvgIpc) is 2.51. The zero-order valence-electron chi connectivity index (χ0n) is 8.55. The standard InChI is InChI=1S/C10H16ClNOS/c1-10(2,6-12)7-14-5-8-3-4-9(11)13-8/h3-4H,5-7,12H2,1-2H3. The molecule has 0 saturated carbocycles. The summed E-state index contributed by atoms with van der Waals surface area (Å²) in [5, 5.41) is 0.457. The Bertz CT molecular complexity index is 285. The molecule has 0 aliphatic carbocycles. The van der Waals surface area contributed by atoms with E-state index in [1.807, 2.05) is 17.8 Å². The van der Waals surface area contributed by atoms with E-state index in [4.69, 9.17) is 21.8 Å². The highest BCUT2D eigenvalue weighted by molar-refractivity contribution is 7.98. The third-order valence-corrected chi connectivity index (χ3v) is 3.60. The van der Waals surface area contributed by atoms with Crippen LogP contribution in [0.3, 0.4) is 0 Å². The van der Waals surface area contributed by atoms with Gasteiger partial charge in [-0.1, -0.05) is 13.8 Å². The molecule has 1 aromatic heterocycles. The average molecular weight is 234 g/mol. The van der Waals surface area contributed by atoms with Crippen LogP contribution in [0.2, 0.25) is 5.22 Å². The minimum Gasteiger partial charge on any atom is -0.449 e. The van der Waals surface area contributed by atoms with Crippen LogP contribution in [0.4, 0.5) is 0 Å². The normalized spacial score (nSPS) is 12.0. The molecular formula is C10H16ClNOS. The molecule has 0 aliphatic heterocycles. The van der Waals surface area contributed by atoms with Gasteiger partial charge in [-0.3, -0.25) is 0 Å². The molecule has 0 unspecified atom stereocenters. The van der Waals surface area contributed by atoms with E-state index in [0.717, 1.165) is 17.3 Å². The Morgan fingerprint density at radius 2 is 2.21 bits per heavy atom. The molecule has 0 radical (unpaired) electrons. The summed E-state index contributed by atoms with van der Waals surface area (Å²) in [6, 6.07) is 3.68. The lowest BCUT2D eigenvalue weighted by Crippen LogP contribution is -2.25. The monoisotopic (exact) mass is 233 g/mol. The number of furan rings is 1. The van der Waals surface area contributed by atoms with Gasteiger partial charge in [-0.15, -0.1) is 0 Å². The fraction of sp³-hybridized carbons (Fsp3) is 0.600. The van der Waals surface area contributed by atoms with Gasteiger partial charge in [0.25, 0.3) is 0 Å². The van der Waals surface area contributed by atoms with Crippen LogP contribution in [0.5, 0.6) is 0 Å². The van der Waals surface area contributed by atoms with Crippen molar-refractivity contribution in [1.82, 2.24) is 0 Å². The summed E-state index contributed by atoms with van der Waals surface area (Å²) < 4.78 is 5.25. The molecule has 0 fully saturated rings. The Balaban J connectivity index is 2.28. The Morgan fingerprint density at radius 3 is 2.71 bits per heavy atom. The molecule has 14 heavy (non-hydrogen) atoms. The van der Waals surface area contributed by atoms with Crippen molar-refractivity contribution in [2.24, 2.45) is 11.1 Å². The van der Waals surface area contributed by atoms with Crippen LogP contribution in [-0.2, 0) is 5.75 Å². The van der Waals surface area contributed by atoms with Crippen molar-refractivity contribution >= 4 is 23.4 Å². The molecule has 80 valence electrons. The first-order valence-corrected chi connectivity index (χ1v) is 6.09. The van der Waals surface area contributed by atoms with Gasteiger partial charge in [0.15, 0.2) is 5.22 Å². The van der Waals surface area contributed by atoms with Crippen molar-refractivity contribution in [3.05, 3.63) is 23.1 Å². The number of rotatable bonds is 5. The Hall–Kier alpha value is -0.120. The SMILES string of the molecule is CC(C)(CN)CSCc1ccc(Cl)o1. The van der Waals surface area contributed by atoms with E-state index >= 15 is 0 Å². The molecule has 1 aromatic rings. The van der Waals surface area contributed by atoms with Gasteiger partial charge in [0.2, 0.25) is 0 Å². The quantitative estimate of drug-likeness (QED) is 0.849. The number of halogens is 1. The Kier molecular flexibility index (Phi) is 4.35. The second-order valence-corrected chi connectivity index (χ2v) is 5.43. The Morgan fingerprint density at radius 1 is 1.50 bits per heavy atom. The second kappa shape index (κ2) is 5.10. The van der Waals surface area contributed by atoms with E-state index in [-0.39, 0.29) is 5.41 Å². The van der Waals surface area contributed by atoms with Crippen molar-refractivity contribution in [3.8, 4) is 0 Å². The number of hydrogen-bond acceptors (Lipinski definition) is 3. The molecule has 1 heterocycles. The molecule has 1 rings (SSSR count). The van der Waals surface area contributed by atoms with Gasteiger partial charge in [-0.2, -0.15) is 11.8 Å². The van der Waals surface area contributed by atoms with Crippen LogP contribution < -0.4 is 5.73 Å². The van der Waals surface area contributed by atoms with Gasteiger partial charge in [0.05, 0.1) is 5.75 Å². The van der Waals surface area contributed by atoms with Crippen LogP contribution in [0, 0.1) is 5.41 Å². The van der Waals surface area contributed by atoms with E-state index in [0.29, 0.717) is 11.8 Å². The molecule has 4 heteroatoms. The molecule has 0 aromatic carbocycles. The van der Waals surface area contributed by atoms with Crippen LogP contribution in [0.15, 0.2) is 16.5 Å². The number of hydrogen-bond donors (Lipinski definition) is 1. The van der Waals surface area contributed by atoms with Gasteiger partial charge < -0.3 is 10.2 Å². The topological polar surface area (TPSA) is 39.2 Å². The van der Waals surface area contributed by atoms with Gasteiger partial charge in [0, 0.05) is 5.75 Å². The van der Waals surface area contributed by atoms with Crippen LogP contribution in [-0.4, -0.2) is 12.3 Å². The predicted octanol–water partition coefficient (Wildman–Crippen LogP) is 3.15. The van der Waals surface area contributed by atoms with E-state index < -0.39 is 0 Å². The fourth-order valence-electron chi connectivity index (χ4n) is 0.916. The zero-order chi connectivity index (χ0) is 10.6. The fourth-order valence-corrected chi connectivity index (χ4v) is 2.21. The summed E-state index contributed by atoms with van der Waals surface area (Å²) in [5.74, 6) is 2.81. The van der Waals surface area contributed by atoms with Crippen molar-refractivity contribution in [1.29, 1.82) is 0 Å². The van der Waals surface area contributed by atoms with E-state index in [2.05, 4.69) is 13.8 Å². The molecule has 0 saturated heterocycles. The summed E-state index contributed by atoms with van der Waals surface area (Å²) in [4.78, 5) is 0. The van der Waals surface area contributed by atoms with Gasteiger partial charge in [-0.25, -0.2) is 0 Å². The minimum absolute atomic E-state index is 0.195. The molecule has 2 N–H and O–H groups in total. The number of thioether (sulfide) groups is 1. The highest BCUT2D eigenvalue weighted by Crippen LogP contribution is 2.24. The number of nitrogens with two attached hydrogens (primary N) is 1. The first-order chi connectivity index (χ1) is 6.53. The van der Waals surface area contributed by atoms with Gasteiger partial charge in [-0.05, 0) is 35.7 Å². The van der Waals surface area contributed by atoms with E-state index in [9.17, 15) is 0 Å². The molecule has 0 atom stereocenters. The van der Waals surface area contributed by atoms with Gasteiger partial charge in [0.1, 0.15) is 5.76 Å². The minimum atomic E-state index is 0.195. The maximum absolute atomic E-state index is 5.66. The lowest BCUT2D eigenvalue weighted by atomic mass is 9.97. The summed E-state index contributed by atoms with van der Waals surface area (Å²) in [7, 11) is 0. The van der Waals surface area contributed by atoms with Crippen LogP contribution in [0.25, 0.3) is 0 Å². The molecule has 2 nitrogen and oxygen atoms in total. The van der Waals surface area contributed by atoms with E-state index in [1.165, 1.54) is 0 Å². The third kappa shape index (κ3) is 3.95. The smallest absolute Gasteiger partial charge is 0.193 e. The van der Waals surface area contributed by atoms with Crippen molar-refractivity contribution in [2.45, 2.75) is 19.6 Å². The molecule has 0 bridgehead atoms. The summed E-state index contributed by atoms with van der Waals surface area (Å²) in [6.07, 6.45) is 0. The van der Waals surface area contributed by atoms with Gasteiger partial charge >= 0.3 is 0 Å². The van der Waals surface area contributed by atoms with Crippen molar-refractivity contribution in [2.75, 3.05) is 12.3 Å². The molecule has 0 aliphatic rings. The molecule has 0 amide bonds. The second-order valence-electron chi connectivity index (χ2n) is 4.07. The predicted molar refractivity (Wildman–Crippen MR) is 62.7 cm³/mol. The highest BCUT2D eigenvalue weighted by atomic mass is 35.5. The summed E-state index contributed by atoms with van der Waals surface area (Å²) >= 11 is 7.48. The third-order valence-electron chi connectivity index (χ3n) is 1.92. The van der Waals surface area contributed by atoms with E-state index in [1.54, 1.807) is 6.07 Å². The maximum atomic E-state index is 5.66. The lowest BCUT2D eigenvalue weighted by Gasteiger charge is -2.21. The highest BCUT2D eigenvalue weighted by Gasteiger charge is 2.15. The first-order valence-electron chi connectivity index (χ1n) is 4.55. The van der Waals surface area contributed by atoms with Crippen molar-refractivity contribution < 1.29 is 4.42 Å². The molecule has 0 spiro atoms. The lowest BCUT2D eigenvalue weighted by molar-refractivity contribution is 0.438. The van der Waals surface area contributed by atoms with Crippen molar-refractivity contribution in [3.63, 3.8) is 0 Å².